The Morgan fingerprint density at radius 1 is 1.04 bits per heavy atom. The fraction of sp³-hybridized carbons (Fsp3) is 0.478. The monoisotopic (exact) mass is 479 g/mol. The molecule has 0 radical (unpaired) electrons. The fourth-order valence-corrected chi connectivity index (χ4v) is 6.16. The number of rotatable bonds is 2. The molecule has 2 saturated heterocycles. The summed E-state index contributed by atoms with van der Waals surface area (Å²) in [6.07, 6.45) is 5.25. The summed E-state index contributed by atoms with van der Waals surface area (Å²) in [5, 5.41) is 0.792. The van der Waals surface area contributed by atoms with Gasteiger partial charge in [0.2, 0.25) is 0 Å². The molecule has 2 bridgehead atoms. The molecule has 0 amide bonds. The van der Waals surface area contributed by atoms with E-state index < -0.39 is 0 Å². The SMILES string of the molecule is CBr.CN1C2CCC1CC(OC1c3ccccc3CSc3ccc(Cl)cc31)C2. The van der Waals surface area contributed by atoms with Crippen LogP contribution >= 0.6 is 39.3 Å². The Kier molecular flexibility index (Phi) is 6.74. The van der Waals surface area contributed by atoms with Crippen LogP contribution in [0, 0.1) is 0 Å². The van der Waals surface area contributed by atoms with Crippen molar-refractivity contribution >= 4 is 39.3 Å². The molecule has 5 rings (SSSR count). The van der Waals surface area contributed by atoms with Gasteiger partial charge >= 0.3 is 0 Å². The van der Waals surface area contributed by atoms with Crippen molar-refractivity contribution in [2.24, 2.45) is 0 Å². The molecule has 3 unspecified atom stereocenters. The predicted molar refractivity (Wildman–Crippen MR) is 123 cm³/mol. The summed E-state index contributed by atoms with van der Waals surface area (Å²) in [6, 6.07) is 16.4. The third kappa shape index (κ3) is 4.04. The Labute approximate surface area is 186 Å². The lowest BCUT2D eigenvalue weighted by molar-refractivity contribution is -0.0435. The number of alkyl halides is 1. The second kappa shape index (κ2) is 9.09. The molecule has 5 heteroatoms. The second-order valence-electron chi connectivity index (χ2n) is 7.83. The molecular formula is C23H27BrClNOS. The molecule has 2 nitrogen and oxygen atoms in total. The largest absolute Gasteiger partial charge is 0.365 e. The first-order valence-corrected chi connectivity index (χ1v) is 12.9. The van der Waals surface area contributed by atoms with Crippen molar-refractivity contribution in [2.75, 3.05) is 12.9 Å². The van der Waals surface area contributed by atoms with Gasteiger partial charge < -0.3 is 9.64 Å². The van der Waals surface area contributed by atoms with Crippen LogP contribution in [-0.4, -0.2) is 36.0 Å². The molecule has 0 saturated carbocycles. The standard InChI is InChI=1S/C22H24ClNOS.CH3Br/c1-24-16-7-8-17(24)12-18(11-16)25-22-19-5-3-2-4-14(19)13-26-21-9-6-15(23)10-20(21)22;1-2/h2-6,9-10,16-18,22H,7-8,11-13H2,1H3;1H3. The van der Waals surface area contributed by atoms with Crippen LogP contribution in [0.2, 0.25) is 5.02 Å². The highest BCUT2D eigenvalue weighted by Crippen LogP contribution is 2.45. The van der Waals surface area contributed by atoms with Gasteiger partial charge in [0, 0.05) is 33.3 Å². The summed E-state index contributed by atoms with van der Waals surface area (Å²) in [5.74, 6) is 2.80. The molecule has 28 heavy (non-hydrogen) atoms. The summed E-state index contributed by atoms with van der Waals surface area (Å²) < 4.78 is 6.85. The number of benzene rings is 2. The second-order valence-corrected chi connectivity index (χ2v) is 9.28. The Balaban J connectivity index is 0.000000932. The average Bonchev–Trinajstić information content (AvgIpc) is 2.90. The van der Waals surface area contributed by atoms with Crippen molar-refractivity contribution in [1.29, 1.82) is 0 Å². The summed E-state index contributed by atoms with van der Waals surface area (Å²) in [5.41, 5.74) is 3.93. The van der Waals surface area contributed by atoms with Crippen LogP contribution in [0.25, 0.3) is 0 Å². The third-order valence-electron chi connectivity index (χ3n) is 6.36. The highest BCUT2D eigenvalue weighted by atomic mass is 79.9. The third-order valence-corrected chi connectivity index (χ3v) is 7.73. The Morgan fingerprint density at radius 3 is 2.50 bits per heavy atom. The Hall–Kier alpha value is -0.520. The first-order valence-electron chi connectivity index (χ1n) is 9.94. The van der Waals surface area contributed by atoms with E-state index in [0.29, 0.717) is 18.2 Å². The van der Waals surface area contributed by atoms with Crippen molar-refractivity contribution < 1.29 is 4.74 Å². The molecule has 2 aromatic rings. The molecule has 0 spiro atoms. The van der Waals surface area contributed by atoms with Crippen LogP contribution in [0.3, 0.4) is 0 Å². The zero-order valence-electron chi connectivity index (χ0n) is 16.4. The van der Waals surface area contributed by atoms with Gasteiger partial charge in [0.1, 0.15) is 6.10 Å². The minimum Gasteiger partial charge on any atom is -0.365 e. The smallest absolute Gasteiger partial charge is 0.109 e. The summed E-state index contributed by atoms with van der Waals surface area (Å²) in [7, 11) is 2.28. The van der Waals surface area contributed by atoms with Gasteiger partial charge in [0.15, 0.2) is 0 Å². The van der Waals surface area contributed by atoms with Crippen molar-refractivity contribution in [3.8, 4) is 0 Å². The zero-order chi connectivity index (χ0) is 19.7. The van der Waals surface area contributed by atoms with Gasteiger partial charge in [-0.15, -0.1) is 11.8 Å². The quantitative estimate of drug-likeness (QED) is 0.444. The molecule has 150 valence electrons. The van der Waals surface area contributed by atoms with Gasteiger partial charge in [0.05, 0.1) is 6.10 Å². The number of ether oxygens (including phenoxy) is 1. The lowest BCUT2D eigenvalue weighted by Gasteiger charge is -2.38. The molecule has 0 N–H and O–H groups in total. The number of piperidine rings is 1. The zero-order valence-corrected chi connectivity index (χ0v) is 19.6. The normalized spacial score (nSPS) is 28.6. The Morgan fingerprint density at radius 2 is 1.75 bits per heavy atom. The molecule has 3 aliphatic rings. The molecule has 0 aliphatic carbocycles. The van der Waals surface area contributed by atoms with Crippen LogP contribution in [0.15, 0.2) is 47.4 Å². The highest BCUT2D eigenvalue weighted by molar-refractivity contribution is 9.08. The summed E-state index contributed by atoms with van der Waals surface area (Å²) >= 11 is 11.2. The van der Waals surface area contributed by atoms with E-state index in [-0.39, 0.29) is 6.10 Å². The van der Waals surface area contributed by atoms with Gasteiger partial charge in [-0.05, 0) is 67.9 Å². The van der Waals surface area contributed by atoms with Crippen molar-refractivity contribution in [2.45, 2.75) is 60.6 Å². The maximum absolute atomic E-state index is 6.85. The minimum absolute atomic E-state index is 0.0114. The van der Waals surface area contributed by atoms with Crippen molar-refractivity contribution in [3.63, 3.8) is 0 Å². The van der Waals surface area contributed by atoms with E-state index in [2.05, 4.69) is 64.3 Å². The van der Waals surface area contributed by atoms with Gasteiger partial charge in [-0.25, -0.2) is 0 Å². The Bertz CT molecular complexity index is 818. The van der Waals surface area contributed by atoms with E-state index in [1.165, 1.54) is 34.4 Å². The lowest BCUT2D eigenvalue weighted by Crippen LogP contribution is -2.43. The van der Waals surface area contributed by atoms with E-state index >= 15 is 0 Å². The molecule has 3 atom stereocenters. The number of fused-ring (bicyclic) bond motifs is 4. The molecule has 2 fully saturated rings. The first-order chi connectivity index (χ1) is 13.7. The number of nitrogens with zero attached hydrogens (tertiary/aromatic N) is 1. The van der Waals surface area contributed by atoms with E-state index in [0.717, 1.165) is 23.6 Å². The maximum atomic E-state index is 6.85. The van der Waals surface area contributed by atoms with E-state index in [4.69, 9.17) is 16.3 Å². The van der Waals surface area contributed by atoms with Crippen molar-refractivity contribution in [3.05, 3.63) is 64.2 Å². The highest BCUT2D eigenvalue weighted by Gasteiger charge is 2.40. The molecular weight excluding hydrogens is 454 g/mol. The predicted octanol–water partition coefficient (Wildman–Crippen LogP) is 6.69. The fourth-order valence-electron chi connectivity index (χ4n) is 4.91. The van der Waals surface area contributed by atoms with Crippen LogP contribution < -0.4 is 0 Å². The van der Waals surface area contributed by atoms with Gasteiger partial charge in [-0.2, -0.15) is 0 Å². The van der Waals surface area contributed by atoms with Gasteiger partial charge in [-0.3, -0.25) is 0 Å². The number of thioether (sulfide) groups is 1. The van der Waals surface area contributed by atoms with Crippen LogP contribution in [-0.2, 0) is 10.5 Å². The van der Waals surface area contributed by atoms with Gasteiger partial charge in [0.25, 0.3) is 0 Å². The molecule has 3 aliphatic heterocycles. The molecule has 2 aromatic carbocycles. The number of hydrogen-bond acceptors (Lipinski definition) is 3. The molecule has 0 aromatic heterocycles. The number of halogens is 2. The first kappa shape index (κ1) is 20.7. The number of hydrogen-bond donors (Lipinski definition) is 0. The average molecular weight is 481 g/mol. The lowest BCUT2D eigenvalue weighted by atomic mass is 9.95. The van der Waals surface area contributed by atoms with Crippen LogP contribution in [0.4, 0.5) is 0 Å². The van der Waals surface area contributed by atoms with Crippen LogP contribution in [0.1, 0.15) is 48.5 Å². The van der Waals surface area contributed by atoms with E-state index in [1.807, 2.05) is 23.7 Å². The maximum Gasteiger partial charge on any atom is 0.109 e. The summed E-state index contributed by atoms with van der Waals surface area (Å²) in [4.78, 5) is 3.87. The molecule has 3 heterocycles. The van der Waals surface area contributed by atoms with Crippen LogP contribution in [0.5, 0.6) is 0 Å². The van der Waals surface area contributed by atoms with E-state index in [1.54, 1.807) is 0 Å². The summed E-state index contributed by atoms with van der Waals surface area (Å²) in [6.45, 7) is 0. The van der Waals surface area contributed by atoms with Gasteiger partial charge in [-0.1, -0.05) is 51.8 Å². The van der Waals surface area contributed by atoms with E-state index in [9.17, 15) is 0 Å². The van der Waals surface area contributed by atoms with Crippen molar-refractivity contribution in [1.82, 2.24) is 4.90 Å². The topological polar surface area (TPSA) is 12.5 Å². The minimum atomic E-state index is -0.0114.